The number of aromatic nitrogens is 2. The first kappa shape index (κ1) is 10.0. The highest BCUT2D eigenvalue weighted by atomic mass is 35.5. The number of anilines is 1. The second-order valence-electron chi connectivity index (χ2n) is 4.47. The minimum absolute atomic E-state index is 0.0529. The molecule has 0 saturated heterocycles. The number of rotatable bonds is 2. The van der Waals surface area contributed by atoms with Crippen LogP contribution in [-0.4, -0.2) is 15.9 Å². The van der Waals surface area contributed by atoms with Crippen LogP contribution in [0.15, 0.2) is 12.4 Å². The van der Waals surface area contributed by atoms with Crippen molar-refractivity contribution in [3.8, 4) is 0 Å². The van der Waals surface area contributed by atoms with E-state index in [-0.39, 0.29) is 17.0 Å². The molecule has 5 heteroatoms. The fourth-order valence-corrected chi connectivity index (χ4v) is 2.97. The zero-order valence-electron chi connectivity index (χ0n) is 8.69. The van der Waals surface area contributed by atoms with E-state index in [9.17, 15) is 4.79 Å². The lowest BCUT2D eigenvalue weighted by molar-refractivity contribution is -0.118. The van der Waals surface area contributed by atoms with Crippen LogP contribution in [0.5, 0.6) is 0 Å². The third-order valence-corrected chi connectivity index (χ3v) is 3.88. The molecule has 4 nitrogen and oxygen atoms in total. The van der Waals surface area contributed by atoms with Crippen molar-refractivity contribution in [3.05, 3.63) is 17.5 Å². The topological polar surface area (TPSA) is 54.9 Å². The SMILES string of the molecule is O=C(Nc1nccnc1Cl)C1C2CCCC21. The van der Waals surface area contributed by atoms with Crippen LogP contribution in [0.2, 0.25) is 5.15 Å². The first-order valence-electron chi connectivity index (χ1n) is 5.55. The van der Waals surface area contributed by atoms with Crippen LogP contribution in [-0.2, 0) is 4.79 Å². The highest BCUT2D eigenvalue weighted by Crippen LogP contribution is 2.57. The Bertz CT molecular complexity index is 427. The zero-order chi connectivity index (χ0) is 11.1. The van der Waals surface area contributed by atoms with Crippen molar-refractivity contribution in [2.45, 2.75) is 19.3 Å². The Kier molecular flexibility index (Phi) is 2.32. The summed E-state index contributed by atoms with van der Waals surface area (Å²) in [5.74, 6) is 1.83. The number of hydrogen-bond donors (Lipinski definition) is 1. The summed E-state index contributed by atoms with van der Waals surface area (Å²) in [6.45, 7) is 0. The number of nitrogens with zero attached hydrogens (tertiary/aromatic N) is 2. The van der Waals surface area contributed by atoms with E-state index in [1.54, 1.807) is 0 Å². The van der Waals surface area contributed by atoms with E-state index in [2.05, 4.69) is 15.3 Å². The predicted octanol–water partition coefficient (Wildman–Crippen LogP) is 2.11. The normalized spacial score (nSPS) is 30.9. The molecule has 2 atom stereocenters. The number of hydrogen-bond acceptors (Lipinski definition) is 3. The number of amides is 1. The largest absolute Gasteiger partial charge is 0.308 e. The number of nitrogens with one attached hydrogen (secondary N) is 1. The molecule has 3 rings (SSSR count). The molecule has 0 aromatic carbocycles. The van der Waals surface area contributed by atoms with Crippen molar-refractivity contribution >= 4 is 23.3 Å². The quantitative estimate of drug-likeness (QED) is 0.857. The summed E-state index contributed by atoms with van der Waals surface area (Å²) in [5, 5.41) is 3.01. The van der Waals surface area contributed by atoms with E-state index in [4.69, 9.17) is 11.6 Å². The standard InChI is InChI=1S/C11H12ClN3O/c12-9-10(14-5-4-13-9)15-11(16)8-6-2-1-3-7(6)8/h4-8H,1-3H2,(H,14,15,16). The van der Waals surface area contributed by atoms with E-state index in [0.29, 0.717) is 17.7 Å². The highest BCUT2D eigenvalue weighted by Gasteiger charge is 2.56. The van der Waals surface area contributed by atoms with Crippen LogP contribution >= 0.6 is 11.6 Å². The maximum atomic E-state index is 11.9. The van der Waals surface area contributed by atoms with Gasteiger partial charge in [-0.3, -0.25) is 4.79 Å². The summed E-state index contributed by atoms with van der Waals surface area (Å²) in [7, 11) is 0. The lowest BCUT2D eigenvalue weighted by Crippen LogP contribution is -2.17. The van der Waals surface area contributed by atoms with E-state index >= 15 is 0 Å². The molecule has 0 bridgehead atoms. The van der Waals surface area contributed by atoms with Crippen LogP contribution in [0.4, 0.5) is 5.82 Å². The van der Waals surface area contributed by atoms with Gasteiger partial charge in [0, 0.05) is 18.3 Å². The lowest BCUT2D eigenvalue weighted by atomic mass is 10.1. The maximum absolute atomic E-state index is 11.9. The Hall–Kier alpha value is -1.16. The molecule has 1 aromatic heterocycles. The molecule has 0 spiro atoms. The monoisotopic (exact) mass is 237 g/mol. The summed E-state index contributed by atoms with van der Waals surface area (Å²) >= 11 is 5.83. The molecule has 2 aliphatic carbocycles. The summed E-state index contributed by atoms with van der Waals surface area (Å²) < 4.78 is 0. The summed E-state index contributed by atoms with van der Waals surface area (Å²) in [5.41, 5.74) is 0. The molecule has 16 heavy (non-hydrogen) atoms. The van der Waals surface area contributed by atoms with Gasteiger partial charge in [-0.2, -0.15) is 0 Å². The van der Waals surface area contributed by atoms with Gasteiger partial charge in [0.05, 0.1) is 0 Å². The molecule has 84 valence electrons. The average molecular weight is 238 g/mol. The second-order valence-corrected chi connectivity index (χ2v) is 4.83. The van der Waals surface area contributed by atoms with Crippen molar-refractivity contribution in [2.75, 3.05) is 5.32 Å². The molecule has 1 amide bonds. The Morgan fingerprint density at radius 3 is 2.69 bits per heavy atom. The van der Waals surface area contributed by atoms with Crippen molar-refractivity contribution in [2.24, 2.45) is 17.8 Å². The molecule has 2 saturated carbocycles. The molecule has 2 fully saturated rings. The zero-order valence-corrected chi connectivity index (χ0v) is 9.44. The molecular weight excluding hydrogens is 226 g/mol. The number of carbonyl (C=O) groups is 1. The highest BCUT2D eigenvalue weighted by molar-refractivity contribution is 6.32. The molecule has 0 aliphatic heterocycles. The van der Waals surface area contributed by atoms with Gasteiger partial charge in [0.2, 0.25) is 5.91 Å². The van der Waals surface area contributed by atoms with Crippen LogP contribution in [0, 0.1) is 17.8 Å². The third-order valence-electron chi connectivity index (χ3n) is 3.60. The molecule has 2 unspecified atom stereocenters. The maximum Gasteiger partial charge on any atom is 0.229 e. The minimum atomic E-state index is 0.0529. The summed E-state index contributed by atoms with van der Waals surface area (Å²) in [6.07, 6.45) is 6.68. The summed E-state index contributed by atoms with van der Waals surface area (Å²) in [4.78, 5) is 19.8. The number of fused-ring (bicyclic) bond motifs is 1. The molecule has 1 N–H and O–H groups in total. The molecular formula is C11H12ClN3O. The Balaban J connectivity index is 1.68. The van der Waals surface area contributed by atoms with Crippen molar-refractivity contribution in [1.82, 2.24) is 9.97 Å². The van der Waals surface area contributed by atoms with Crippen LogP contribution < -0.4 is 5.32 Å². The van der Waals surface area contributed by atoms with Gasteiger partial charge in [-0.15, -0.1) is 0 Å². The Labute approximate surface area is 98.4 Å². The van der Waals surface area contributed by atoms with Crippen LogP contribution in [0.25, 0.3) is 0 Å². The van der Waals surface area contributed by atoms with Crippen molar-refractivity contribution in [1.29, 1.82) is 0 Å². The Morgan fingerprint density at radius 2 is 2.00 bits per heavy atom. The van der Waals surface area contributed by atoms with Gasteiger partial charge in [-0.1, -0.05) is 18.0 Å². The third kappa shape index (κ3) is 1.57. The van der Waals surface area contributed by atoms with Gasteiger partial charge < -0.3 is 5.32 Å². The van der Waals surface area contributed by atoms with Crippen LogP contribution in [0.1, 0.15) is 19.3 Å². The molecule has 1 heterocycles. The van der Waals surface area contributed by atoms with Gasteiger partial charge in [0.1, 0.15) is 0 Å². The van der Waals surface area contributed by atoms with Gasteiger partial charge in [-0.25, -0.2) is 9.97 Å². The summed E-state index contributed by atoms with van der Waals surface area (Å²) in [6, 6.07) is 0. The minimum Gasteiger partial charge on any atom is -0.308 e. The lowest BCUT2D eigenvalue weighted by Gasteiger charge is -2.06. The predicted molar refractivity (Wildman–Crippen MR) is 60.0 cm³/mol. The number of carbonyl (C=O) groups excluding carboxylic acids is 1. The van der Waals surface area contributed by atoms with Crippen molar-refractivity contribution < 1.29 is 4.79 Å². The van der Waals surface area contributed by atoms with E-state index < -0.39 is 0 Å². The van der Waals surface area contributed by atoms with Gasteiger partial charge in [0.15, 0.2) is 11.0 Å². The van der Waals surface area contributed by atoms with E-state index in [0.717, 1.165) is 0 Å². The fourth-order valence-electron chi connectivity index (χ4n) is 2.82. The first-order chi connectivity index (χ1) is 7.77. The molecule has 1 aromatic rings. The van der Waals surface area contributed by atoms with E-state index in [1.807, 2.05) is 0 Å². The average Bonchev–Trinajstić information content (AvgIpc) is 2.76. The van der Waals surface area contributed by atoms with Gasteiger partial charge >= 0.3 is 0 Å². The Morgan fingerprint density at radius 1 is 1.31 bits per heavy atom. The van der Waals surface area contributed by atoms with E-state index in [1.165, 1.54) is 31.7 Å². The number of halogens is 1. The van der Waals surface area contributed by atoms with Crippen LogP contribution in [0.3, 0.4) is 0 Å². The first-order valence-corrected chi connectivity index (χ1v) is 5.92. The fraction of sp³-hybridized carbons (Fsp3) is 0.545. The smallest absolute Gasteiger partial charge is 0.229 e. The van der Waals surface area contributed by atoms with Gasteiger partial charge in [0.25, 0.3) is 0 Å². The molecule has 0 radical (unpaired) electrons. The molecule has 2 aliphatic rings. The van der Waals surface area contributed by atoms with Crippen molar-refractivity contribution in [3.63, 3.8) is 0 Å². The van der Waals surface area contributed by atoms with Gasteiger partial charge in [-0.05, 0) is 24.7 Å². The second kappa shape index (κ2) is 3.70.